The predicted molar refractivity (Wildman–Crippen MR) is 61.2 cm³/mol. The number of nitrogens with one attached hydrogen (secondary N) is 2. The minimum Gasteiger partial charge on any atom is -0.478 e. The summed E-state index contributed by atoms with van der Waals surface area (Å²) in [4.78, 5) is 21.9. The van der Waals surface area contributed by atoms with Crippen molar-refractivity contribution in [3.63, 3.8) is 0 Å². The van der Waals surface area contributed by atoms with Crippen LogP contribution in [0.4, 0.5) is 19.3 Å². The molecule has 0 saturated heterocycles. The van der Waals surface area contributed by atoms with Gasteiger partial charge in [0.05, 0.1) is 12.1 Å². The fourth-order valence-corrected chi connectivity index (χ4v) is 1.33. The molecule has 0 heterocycles. The highest BCUT2D eigenvalue weighted by molar-refractivity contribution is 5.92. The molecule has 3 N–H and O–H groups in total. The lowest BCUT2D eigenvalue weighted by Crippen LogP contribution is -2.32. The summed E-state index contributed by atoms with van der Waals surface area (Å²) in [6.07, 6.45) is -2.62. The van der Waals surface area contributed by atoms with Gasteiger partial charge in [-0.05, 0) is 30.7 Å². The molecule has 0 aliphatic heterocycles. The van der Waals surface area contributed by atoms with Crippen molar-refractivity contribution >= 4 is 17.7 Å². The van der Waals surface area contributed by atoms with Gasteiger partial charge in [-0.15, -0.1) is 0 Å². The summed E-state index contributed by atoms with van der Waals surface area (Å²) in [6, 6.07) is 3.40. The van der Waals surface area contributed by atoms with E-state index >= 15 is 0 Å². The average Bonchev–Trinajstić information content (AvgIpc) is 2.26. The zero-order valence-corrected chi connectivity index (χ0v) is 9.54. The number of carboxylic acid groups (broad SMARTS) is 1. The Labute approximate surface area is 102 Å². The Balaban J connectivity index is 2.66. The molecular formula is C11H12F2N2O3. The quantitative estimate of drug-likeness (QED) is 0.773. The molecular weight excluding hydrogens is 246 g/mol. The summed E-state index contributed by atoms with van der Waals surface area (Å²) < 4.78 is 23.7. The van der Waals surface area contributed by atoms with Crippen LogP contribution in [0.3, 0.4) is 0 Å². The first-order valence-electron chi connectivity index (χ1n) is 5.07. The standard InChI is InChI=1S/C11H12F2N2O3/c1-6-4-7(2-3-8(6)10(16)17)15-11(18)14-5-9(12)13/h2-4,9H,5H2,1H3,(H,16,17)(H2,14,15,18). The number of carboxylic acids is 1. The number of hydrogen-bond acceptors (Lipinski definition) is 2. The van der Waals surface area contributed by atoms with Crippen LogP contribution in [0.25, 0.3) is 0 Å². The smallest absolute Gasteiger partial charge is 0.335 e. The van der Waals surface area contributed by atoms with Crippen LogP contribution < -0.4 is 10.6 Å². The highest BCUT2D eigenvalue weighted by Crippen LogP contribution is 2.15. The molecule has 0 aromatic heterocycles. The van der Waals surface area contributed by atoms with Gasteiger partial charge in [0.1, 0.15) is 0 Å². The van der Waals surface area contributed by atoms with Crippen LogP contribution >= 0.6 is 0 Å². The fraction of sp³-hybridized carbons (Fsp3) is 0.273. The number of halogens is 2. The van der Waals surface area contributed by atoms with E-state index in [9.17, 15) is 18.4 Å². The van der Waals surface area contributed by atoms with Gasteiger partial charge in [0.2, 0.25) is 0 Å². The largest absolute Gasteiger partial charge is 0.478 e. The zero-order chi connectivity index (χ0) is 13.7. The van der Waals surface area contributed by atoms with Crippen molar-refractivity contribution in [1.82, 2.24) is 5.32 Å². The van der Waals surface area contributed by atoms with E-state index in [2.05, 4.69) is 5.32 Å². The molecule has 0 bridgehead atoms. The average molecular weight is 258 g/mol. The lowest BCUT2D eigenvalue weighted by molar-refractivity contribution is 0.0696. The van der Waals surface area contributed by atoms with Gasteiger partial charge in [-0.25, -0.2) is 18.4 Å². The van der Waals surface area contributed by atoms with E-state index in [1.807, 2.05) is 5.32 Å². The normalized spacial score (nSPS) is 10.2. The van der Waals surface area contributed by atoms with Gasteiger partial charge >= 0.3 is 12.0 Å². The van der Waals surface area contributed by atoms with Gasteiger partial charge in [0.15, 0.2) is 0 Å². The Hall–Kier alpha value is -2.18. The number of carbonyl (C=O) groups is 2. The third-order valence-electron chi connectivity index (χ3n) is 2.13. The van der Waals surface area contributed by atoms with E-state index in [0.29, 0.717) is 11.3 Å². The third kappa shape index (κ3) is 4.00. The molecule has 98 valence electrons. The number of hydrogen-bond donors (Lipinski definition) is 3. The molecule has 1 rings (SSSR count). The van der Waals surface area contributed by atoms with Gasteiger partial charge in [0.25, 0.3) is 6.43 Å². The SMILES string of the molecule is Cc1cc(NC(=O)NCC(F)F)ccc1C(=O)O. The molecule has 0 fully saturated rings. The summed E-state index contributed by atoms with van der Waals surface area (Å²) in [5.74, 6) is -1.07. The van der Waals surface area contributed by atoms with Gasteiger partial charge < -0.3 is 15.7 Å². The van der Waals surface area contributed by atoms with Gasteiger partial charge in [0, 0.05) is 5.69 Å². The van der Waals surface area contributed by atoms with Crippen molar-refractivity contribution in [2.75, 3.05) is 11.9 Å². The summed E-state index contributed by atoms with van der Waals surface area (Å²) in [7, 11) is 0. The highest BCUT2D eigenvalue weighted by Gasteiger charge is 2.09. The van der Waals surface area contributed by atoms with Crippen LogP contribution in [0.5, 0.6) is 0 Å². The number of anilines is 1. The number of alkyl halides is 2. The Morgan fingerprint density at radius 1 is 1.39 bits per heavy atom. The number of amides is 2. The molecule has 2 amide bonds. The number of carbonyl (C=O) groups excluding carboxylic acids is 1. The molecule has 0 aliphatic rings. The lowest BCUT2D eigenvalue weighted by atomic mass is 10.1. The van der Waals surface area contributed by atoms with E-state index in [4.69, 9.17) is 5.11 Å². The maximum atomic E-state index is 11.8. The maximum absolute atomic E-state index is 11.8. The minimum atomic E-state index is -2.62. The zero-order valence-electron chi connectivity index (χ0n) is 9.54. The monoisotopic (exact) mass is 258 g/mol. The minimum absolute atomic E-state index is 0.119. The van der Waals surface area contributed by atoms with Crippen LogP contribution in [0.2, 0.25) is 0 Å². The summed E-state index contributed by atoms with van der Waals surface area (Å²) >= 11 is 0. The number of aromatic carboxylic acids is 1. The van der Waals surface area contributed by atoms with E-state index < -0.39 is 25.0 Å². The second-order valence-electron chi connectivity index (χ2n) is 3.56. The highest BCUT2D eigenvalue weighted by atomic mass is 19.3. The summed E-state index contributed by atoms with van der Waals surface area (Å²) in [6.45, 7) is 0.837. The molecule has 18 heavy (non-hydrogen) atoms. The second kappa shape index (κ2) is 5.95. The van der Waals surface area contributed by atoms with Crippen LogP contribution in [-0.2, 0) is 0 Å². The molecule has 1 aromatic rings. The maximum Gasteiger partial charge on any atom is 0.335 e. The van der Waals surface area contributed by atoms with E-state index in [1.54, 1.807) is 6.92 Å². The summed E-state index contributed by atoms with van der Waals surface area (Å²) in [5.41, 5.74) is 0.923. The van der Waals surface area contributed by atoms with Crippen molar-refractivity contribution in [3.8, 4) is 0 Å². The molecule has 0 aliphatic carbocycles. The molecule has 7 heteroatoms. The molecule has 0 unspecified atom stereocenters. The van der Waals surface area contributed by atoms with Crippen molar-refractivity contribution < 1.29 is 23.5 Å². The van der Waals surface area contributed by atoms with Crippen molar-refractivity contribution in [1.29, 1.82) is 0 Å². The van der Waals surface area contributed by atoms with Gasteiger partial charge in [-0.3, -0.25) is 0 Å². The number of rotatable bonds is 4. The first-order valence-corrected chi connectivity index (χ1v) is 5.07. The molecule has 1 aromatic carbocycles. The molecule has 0 atom stereocenters. The first kappa shape index (κ1) is 13.9. The van der Waals surface area contributed by atoms with Crippen molar-refractivity contribution in [3.05, 3.63) is 29.3 Å². The van der Waals surface area contributed by atoms with Crippen molar-refractivity contribution in [2.24, 2.45) is 0 Å². The Bertz CT molecular complexity index is 464. The van der Waals surface area contributed by atoms with E-state index in [0.717, 1.165) is 0 Å². The van der Waals surface area contributed by atoms with Crippen LogP contribution in [0, 0.1) is 6.92 Å². The van der Waals surface area contributed by atoms with E-state index in [1.165, 1.54) is 18.2 Å². The second-order valence-corrected chi connectivity index (χ2v) is 3.56. The molecule has 0 saturated carbocycles. The third-order valence-corrected chi connectivity index (χ3v) is 2.13. The summed E-state index contributed by atoms with van der Waals surface area (Å²) in [5, 5.41) is 13.1. The van der Waals surface area contributed by atoms with Crippen LogP contribution in [-0.4, -0.2) is 30.1 Å². The molecule has 0 radical (unpaired) electrons. The topological polar surface area (TPSA) is 78.4 Å². The Kier molecular flexibility index (Phi) is 4.59. The fourth-order valence-electron chi connectivity index (χ4n) is 1.33. The number of urea groups is 1. The molecule has 5 nitrogen and oxygen atoms in total. The number of aryl methyl sites for hydroxylation is 1. The van der Waals surface area contributed by atoms with Crippen molar-refractivity contribution in [2.45, 2.75) is 13.3 Å². The van der Waals surface area contributed by atoms with E-state index in [-0.39, 0.29) is 5.56 Å². The van der Waals surface area contributed by atoms with Gasteiger partial charge in [-0.2, -0.15) is 0 Å². The Morgan fingerprint density at radius 2 is 2.06 bits per heavy atom. The molecule has 0 spiro atoms. The lowest BCUT2D eigenvalue weighted by Gasteiger charge is -2.08. The Morgan fingerprint density at radius 3 is 2.56 bits per heavy atom. The number of benzene rings is 1. The van der Waals surface area contributed by atoms with Crippen LogP contribution in [0.15, 0.2) is 18.2 Å². The van der Waals surface area contributed by atoms with Crippen LogP contribution in [0.1, 0.15) is 15.9 Å². The predicted octanol–water partition coefficient (Wildman–Crippen LogP) is 2.08. The first-order chi connectivity index (χ1) is 8.40. The van der Waals surface area contributed by atoms with Gasteiger partial charge in [-0.1, -0.05) is 0 Å².